The van der Waals surface area contributed by atoms with Gasteiger partial charge in [0.2, 0.25) is 0 Å². The molecule has 3 heteroatoms. The highest BCUT2D eigenvalue weighted by atomic mass is 15.3. The summed E-state index contributed by atoms with van der Waals surface area (Å²) in [6, 6.07) is 7.15. The van der Waals surface area contributed by atoms with E-state index in [-0.39, 0.29) is 0 Å². The topological polar surface area (TPSA) is 32.5 Å². The molecule has 1 aromatic rings. The first-order valence-electron chi connectivity index (χ1n) is 6.34. The fourth-order valence-electron chi connectivity index (χ4n) is 2.48. The predicted molar refractivity (Wildman–Crippen MR) is 73.6 cm³/mol. The maximum absolute atomic E-state index is 5.83. The molecule has 2 rings (SSSR count). The third-order valence-corrected chi connectivity index (χ3v) is 3.75. The van der Waals surface area contributed by atoms with E-state index in [0.717, 1.165) is 26.2 Å². The quantitative estimate of drug-likeness (QED) is 0.837. The number of hydrogen-bond donors (Lipinski definition) is 1. The van der Waals surface area contributed by atoms with Gasteiger partial charge in [0.05, 0.1) is 0 Å². The molecule has 0 amide bonds. The molecular formula is C14H23N3. The van der Waals surface area contributed by atoms with Gasteiger partial charge in [0.1, 0.15) is 0 Å². The molecule has 1 saturated heterocycles. The number of nitrogens with zero attached hydrogens (tertiary/aromatic N) is 2. The molecule has 1 heterocycles. The van der Waals surface area contributed by atoms with Crippen LogP contribution in [0.25, 0.3) is 0 Å². The van der Waals surface area contributed by atoms with Crippen LogP contribution in [0.5, 0.6) is 0 Å². The van der Waals surface area contributed by atoms with Gasteiger partial charge < -0.3 is 10.6 Å². The zero-order valence-electron chi connectivity index (χ0n) is 11.1. The van der Waals surface area contributed by atoms with Crippen molar-refractivity contribution in [2.45, 2.75) is 19.9 Å². The maximum Gasteiger partial charge on any atom is 0.0399 e. The highest BCUT2D eigenvalue weighted by molar-refractivity contribution is 5.55. The molecule has 1 aromatic carbocycles. The van der Waals surface area contributed by atoms with Crippen LogP contribution < -0.4 is 10.6 Å². The van der Waals surface area contributed by atoms with Gasteiger partial charge in [0.25, 0.3) is 0 Å². The fraction of sp³-hybridized carbons (Fsp3) is 0.571. The molecule has 1 aliphatic rings. The Kier molecular flexibility index (Phi) is 3.69. The molecule has 0 aliphatic carbocycles. The van der Waals surface area contributed by atoms with Crippen LogP contribution >= 0.6 is 0 Å². The Balaban J connectivity index is 2.20. The van der Waals surface area contributed by atoms with Crippen molar-refractivity contribution in [3.8, 4) is 0 Å². The third-order valence-electron chi connectivity index (χ3n) is 3.75. The van der Waals surface area contributed by atoms with Gasteiger partial charge in [-0.15, -0.1) is 0 Å². The van der Waals surface area contributed by atoms with Crippen LogP contribution in [0.15, 0.2) is 18.2 Å². The monoisotopic (exact) mass is 233 g/mol. The summed E-state index contributed by atoms with van der Waals surface area (Å²) in [6.07, 6.45) is 0. The van der Waals surface area contributed by atoms with Gasteiger partial charge >= 0.3 is 0 Å². The van der Waals surface area contributed by atoms with Crippen LogP contribution in [0.1, 0.15) is 11.1 Å². The van der Waals surface area contributed by atoms with Crippen molar-refractivity contribution in [3.63, 3.8) is 0 Å². The number of aryl methyl sites for hydroxylation is 2. The number of anilines is 1. The molecule has 0 spiro atoms. The Morgan fingerprint density at radius 3 is 2.76 bits per heavy atom. The summed E-state index contributed by atoms with van der Waals surface area (Å²) in [5.41, 5.74) is 9.89. The molecule has 1 fully saturated rings. The Hall–Kier alpha value is -1.06. The fourth-order valence-corrected chi connectivity index (χ4v) is 2.48. The van der Waals surface area contributed by atoms with Gasteiger partial charge in [0, 0.05) is 37.9 Å². The van der Waals surface area contributed by atoms with Crippen molar-refractivity contribution < 1.29 is 0 Å². The summed E-state index contributed by atoms with van der Waals surface area (Å²) in [7, 11) is 2.16. The average molecular weight is 233 g/mol. The first-order valence-corrected chi connectivity index (χ1v) is 6.34. The lowest BCUT2D eigenvalue weighted by atomic mass is 10.1. The van der Waals surface area contributed by atoms with Gasteiger partial charge in [0.15, 0.2) is 0 Å². The van der Waals surface area contributed by atoms with Gasteiger partial charge in [-0.1, -0.05) is 12.1 Å². The Bertz CT molecular complexity index is 389. The van der Waals surface area contributed by atoms with Gasteiger partial charge in [-0.05, 0) is 38.1 Å². The number of likely N-dealkylation sites (N-methyl/N-ethyl adjacent to an activating group) is 1. The molecule has 1 atom stereocenters. The van der Waals surface area contributed by atoms with Gasteiger partial charge in [-0.2, -0.15) is 0 Å². The minimum atomic E-state index is 0.476. The first-order chi connectivity index (χ1) is 8.11. The lowest BCUT2D eigenvalue weighted by Crippen LogP contribution is -2.54. The van der Waals surface area contributed by atoms with Crippen molar-refractivity contribution in [3.05, 3.63) is 29.3 Å². The number of nitrogens with two attached hydrogens (primary N) is 1. The van der Waals surface area contributed by atoms with Crippen LogP contribution in [0.4, 0.5) is 5.69 Å². The Morgan fingerprint density at radius 1 is 1.29 bits per heavy atom. The largest absolute Gasteiger partial charge is 0.368 e. The maximum atomic E-state index is 5.83. The minimum absolute atomic E-state index is 0.476. The Labute approximate surface area is 104 Å². The molecule has 3 nitrogen and oxygen atoms in total. The lowest BCUT2D eigenvalue weighted by molar-refractivity contribution is 0.224. The second kappa shape index (κ2) is 5.07. The molecule has 17 heavy (non-hydrogen) atoms. The summed E-state index contributed by atoms with van der Waals surface area (Å²) in [6.45, 7) is 8.30. The summed E-state index contributed by atoms with van der Waals surface area (Å²) in [5.74, 6) is 0. The van der Waals surface area contributed by atoms with Crippen molar-refractivity contribution in [1.29, 1.82) is 0 Å². The van der Waals surface area contributed by atoms with E-state index >= 15 is 0 Å². The first kappa shape index (κ1) is 12.4. The normalized spacial score (nSPS) is 21.9. The number of hydrogen-bond acceptors (Lipinski definition) is 3. The van der Waals surface area contributed by atoms with E-state index in [1.165, 1.54) is 16.8 Å². The third kappa shape index (κ3) is 2.61. The van der Waals surface area contributed by atoms with Crippen LogP contribution in [-0.4, -0.2) is 44.2 Å². The summed E-state index contributed by atoms with van der Waals surface area (Å²) in [4.78, 5) is 4.83. The SMILES string of the molecule is Cc1ccc(C)c(N2CCN(C)C(CN)C2)c1. The molecular weight excluding hydrogens is 210 g/mol. The molecule has 94 valence electrons. The second-order valence-electron chi connectivity index (χ2n) is 5.11. The van der Waals surface area contributed by atoms with Crippen LogP contribution in [-0.2, 0) is 0 Å². The number of rotatable bonds is 2. The van der Waals surface area contributed by atoms with E-state index in [0.29, 0.717) is 6.04 Å². The van der Waals surface area contributed by atoms with Crippen molar-refractivity contribution in [2.75, 3.05) is 38.1 Å². The van der Waals surface area contributed by atoms with Crippen LogP contribution in [0, 0.1) is 13.8 Å². The van der Waals surface area contributed by atoms with E-state index in [1.807, 2.05) is 0 Å². The molecule has 0 radical (unpaired) electrons. The van der Waals surface area contributed by atoms with E-state index in [2.05, 4.69) is 48.9 Å². The van der Waals surface area contributed by atoms with E-state index in [4.69, 9.17) is 5.73 Å². The van der Waals surface area contributed by atoms with Crippen LogP contribution in [0.3, 0.4) is 0 Å². The van der Waals surface area contributed by atoms with Crippen molar-refractivity contribution in [2.24, 2.45) is 5.73 Å². The summed E-state index contributed by atoms with van der Waals surface area (Å²) < 4.78 is 0. The number of benzene rings is 1. The van der Waals surface area contributed by atoms with Gasteiger partial charge in [-0.3, -0.25) is 4.90 Å². The predicted octanol–water partition coefficient (Wildman–Crippen LogP) is 1.38. The van der Waals surface area contributed by atoms with Gasteiger partial charge in [-0.25, -0.2) is 0 Å². The van der Waals surface area contributed by atoms with E-state index in [9.17, 15) is 0 Å². The summed E-state index contributed by atoms with van der Waals surface area (Å²) >= 11 is 0. The molecule has 0 bridgehead atoms. The Morgan fingerprint density at radius 2 is 2.06 bits per heavy atom. The molecule has 1 aliphatic heterocycles. The highest BCUT2D eigenvalue weighted by Gasteiger charge is 2.23. The summed E-state index contributed by atoms with van der Waals surface area (Å²) in [5, 5.41) is 0. The molecule has 0 aromatic heterocycles. The average Bonchev–Trinajstić information content (AvgIpc) is 2.33. The van der Waals surface area contributed by atoms with Crippen molar-refractivity contribution in [1.82, 2.24) is 4.90 Å². The van der Waals surface area contributed by atoms with Crippen molar-refractivity contribution >= 4 is 5.69 Å². The minimum Gasteiger partial charge on any atom is -0.368 e. The molecule has 2 N–H and O–H groups in total. The smallest absolute Gasteiger partial charge is 0.0399 e. The second-order valence-corrected chi connectivity index (χ2v) is 5.11. The number of piperazine rings is 1. The zero-order valence-corrected chi connectivity index (χ0v) is 11.1. The van der Waals surface area contributed by atoms with E-state index < -0.39 is 0 Å². The lowest BCUT2D eigenvalue weighted by Gasteiger charge is -2.40. The highest BCUT2D eigenvalue weighted by Crippen LogP contribution is 2.23. The zero-order chi connectivity index (χ0) is 12.4. The standard InChI is InChI=1S/C14H23N3/c1-11-4-5-12(2)14(8-11)17-7-6-16(3)13(9-15)10-17/h4-5,8,13H,6-7,9-10,15H2,1-3H3. The molecule has 0 saturated carbocycles. The molecule has 1 unspecified atom stereocenters. The van der Waals surface area contributed by atoms with E-state index in [1.54, 1.807) is 0 Å². The van der Waals surface area contributed by atoms with Crippen LogP contribution in [0.2, 0.25) is 0 Å².